The minimum Gasteiger partial charge on any atom is -0.367 e. The Morgan fingerprint density at radius 2 is 2.17 bits per heavy atom. The van der Waals surface area contributed by atoms with Crippen LogP contribution in [0.5, 0.6) is 0 Å². The summed E-state index contributed by atoms with van der Waals surface area (Å²) >= 11 is 1.40. The summed E-state index contributed by atoms with van der Waals surface area (Å²) in [4.78, 5) is 9.47. The lowest BCUT2D eigenvalue weighted by Crippen LogP contribution is -2.29. The molecule has 0 bridgehead atoms. The van der Waals surface area contributed by atoms with E-state index < -0.39 is 10.8 Å². The van der Waals surface area contributed by atoms with Gasteiger partial charge in [0.25, 0.3) is 0 Å². The standard InChI is InChI=1S/C11H14N4OS2/c1-7-9-10(12-6-13-11(9)17-15-7)14-8-2-4-18(16)5-3-8/h6,8H,2-5H2,1H3,(H,12,13,14). The average Bonchev–Trinajstić information content (AvgIpc) is 2.75. The second-order valence-electron chi connectivity index (χ2n) is 4.44. The Morgan fingerprint density at radius 1 is 1.39 bits per heavy atom. The molecular formula is C11H14N4OS2. The Bertz CT molecular complexity index is 588. The van der Waals surface area contributed by atoms with Crippen molar-refractivity contribution in [3.8, 4) is 0 Å². The van der Waals surface area contributed by atoms with Gasteiger partial charge in [0.1, 0.15) is 17.0 Å². The summed E-state index contributed by atoms with van der Waals surface area (Å²) in [7, 11) is -0.626. The smallest absolute Gasteiger partial charge is 0.149 e. The number of aromatic nitrogens is 3. The van der Waals surface area contributed by atoms with E-state index in [1.807, 2.05) is 6.92 Å². The summed E-state index contributed by atoms with van der Waals surface area (Å²) in [5.74, 6) is 2.43. The molecule has 0 aromatic carbocycles. The molecule has 2 aromatic rings. The molecule has 0 amide bonds. The molecule has 1 fully saturated rings. The molecule has 0 aliphatic carbocycles. The number of rotatable bonds is 2. The van der Waals surface area contributed by atoms with Crippen LogP contribution in [0.1, 0.15) is 18.5 Å². The SMILES string of the molecule is Cc1nsc2ncnc(NC3CCS(=O)CC3)c12. The van der Waals surface area contributed by atoms with Crippen LogP contribution in [-0.2, 0) is 10.8 Å². The number of nitrogens with one attached hydrogen (secondary N) is 1. The van der Waals surface area contributed by atoms with E-state index in [-0.39, 0.29) is 0 Å². The van der Waals surface area contributed by atoms with Gasteiger partial charge in [0, 0.05) is 28.3 Å². The second-order valence-corrected chi connectivity index (χ2v) is 6.89. The Balaban J connectivity index is 1.86. The van der Waals surface area contributed by atoms with Crippen LogP contribution in [-0.4, -0.2) is 36.1 Å². The molecular weight excluding hydrogens is 268 g/mol. The Kier molecular flexibility index (Phi) is 3.25. The van der Waals surface area contributed by atoms with E-state index in [2.05, 4.69) is 19.7 Å². The minimum atomic E-state index is -0.626. The van der Waals surface area contributed by atoms with Gasteiger partial charge in [0.2, 0.25) is 0 Å². The summed E-state index contributed by atoms with van der Waals surface area (Å²) in [5.41, 5.74) is 0.970. The zero-order valence-corrected chi connectivity index (χ0v) is 11.7. The molecule has 1 aliphatic heterocycles. The van der Waals surface area contributed by atoms with Crippen molar-refractivity contribution in [2.75, 3.05) is 16.8 Å². The highest BCUT2D eigenvalue weighted by atomic mass is 32.2. The van der Waals surface area contributed by atoms with Gasteiger partial charge < -0.3 is 5.32 Å². The molecule has 18 heavy (non-hydrogen) atoms. The van der Waals surface area contributed by atoms with Gasteiger partial charge in [-0.15, -0.1) is 0 Å². The molecule has 1 aliphatic rings. The molecule has 0 unspecified atom stereocenters. The molecule has 7 heteroatoms. The van der Waals surface area contributed by atoms with Crippen LogP contribution in [0.4, 0.5) is 5.82 Å². The first kappa shape index (κ1) is 12.0. The fourth-order valence-electron chi connectivity index (χ4n) is 2.16. The summed E-state index contributed by atoms with van der Waals surface area (Å²) in [6.45, 7) is 1.98. The fraction of sp³-hybridized carbons (Fsp3) is 0.545. The van der Waals surface area contributed by atoms with Gasteiger partial charge in [-0.3, -0.25) is 4.21 Å². The zero-order chi connectivity index (χ0) is 12.5. The number of nitrogens with zero attached hydrogens (tertiary/aromatic N) is 3. The lowest BCUT2D eigenvalue weighted by molar-refractivity contribution is 0.623. The average molecular weight is 282 g/mol. The van der Waals surface area contributed by atoms with E-state index in [0.717, 1.165) is 46.1 Å². The summed E-state index contributed by atoms with van der Waals surface area (Å²) in [6.07, 6.45) is 3.45. The van der Waals surface area contributed by atoms with E-state index in [1.165, 1.54) is 11.5 Å². The normalized spacial score (nSPS) is 24.3. The fourth-order valence-corrected chi connectivity index (χ4v) is 4.21. The Hall–Kier alpha value is -1.08. The van der Waals surface area contributed by atoms with E-state index in [9.17, 15) is 4.21 Å². The van der Waals surface area contributed by atoms with Crippen molar-refractivity contribution in [3.63, 3.8) is 0 Å². The predicted molar refractivity (Wildman–Crippen MR) is 74.5 cm³/mol. The van der Waals surface area contributed by atoms with Crippen LogP contribution in [0.3, 0.4) is 0 Å². The molecule has 3 heterocycles. The zero-order valence-electron chi connectivity index (χ0n) is 10.0. The molecule has 0 radical (unpaired) electrons. The van der Waals surface area contributed by atoms with Crippen LogP contribution in [0, 0.1) is 6.92 Å². The second kappa shape index (κ2) is 4.89. The number of aryl methyl sites for hydroxylation is 1. The Morgan fingerprint density at radius 3 is 2.94 bits per heavy atom. The van der Waals surface area contributed by atoms with Gasteiger partial charge in [0.05, 0.1) is 11.1 Å². The topological polar surface area (TPSA) is 67.8 Å². The molecule has 3 rings (SSSR count). The van der Waals surface area contributed by atoms with Crippen molar-refractivity contribution in [1.29, 1.82) is 0 Å². The van der Waals surface area contributed by atoms with Gasteiger partial charge >= 0.3 is 0 Å². The molecule has 2 aromatic heterocycles. The van der Waals surface area contributed by atoms with Crippen molar-refractivity contribution >= 4 is 38.4 Å². The third-order valence-corrected chi connectivity index (χ3v) is 5.40. The summed E-state index contributed by atoms with van der Waals surface area (Å²) in [6, 6.07) is 0.361. The van der Waals surface area contributed by atoms with Gasteiger partial charge in [0.15, 0.2) is 0 Å². The lowest BCUT2D eigenvalue weighted by Gasteiger charge is -2.23. The molecule has 0 spiro atoms. The maximum Gasteiger partial charge on any atom is 0.149 e. The largest absolute Gasteiger partial charge is 0.367 e. The monoisotopic (exact) mass is 282 g/mol. The van der Waals surface area contributed by atoms with Gasteiger partial charge in [-0.2, -0.15) is 4.37 Å². The van der Waals surface area contributed by atoms with Gasteiger partial charge in [-0.1, -0.05) is 0 Å². The molecule has 96 valence electrons. The van der Waals surface area contributed by atoms with Crippen molar-refractivity contribution in [2.45, 2.75) is 25.8 Å². The maximum absolute atomic E-state index is 11.3. The predicted octanol–water partition coefficient (Wildman–Crippen LogP) is 1.72. The van der Waals surface area contributed by atoms with Crippen molar-refractivity contribution in [1.82, 2.24) is 14.3 Å². The minimum absolute atomic E-state index is 0.361. The Labute approximate surface area is 112 Å². The van der Waals surface area contributed by atoms with Gasteiger partial charge in [-0.05, 0) is 31.3 Å². The first-order valence-electron chi connectivity index (χ1n) is 5.92. The first-order valence-corrected chi connectivity index (χ1v) is 8.18. The van der Waals surface area contributed by atoms with E-state index in [4.69, 9.17) is 0 Å². The maximum atomic E-state index is 11.3. The third kappa shape index (κ3) is 2.24. The molecule has 0 atom stereocenters. The van der Waals surface area contributed by atoms with Crippen LogP contribution in [0.25, 0.3) is 10.2 Å². The first-order chi connectivity index (χ1) is 8.74. The van der Waals surface area contributed by atoms with Crippen LogP contribution < -0.4 is 5.32 Å². The van der Waals surface area contributed by atoms with Crippen molar-refractivity contribution < 1.29 is 4.21 Å². The number of anilines is 1. The van der Waals surface area contributed by atoms with E-state index in [1.54, 1.807) is 6.33 Å². The highest BCUT2D eigenvalue weighted by molar-refractivity contribution is 7.85. The number of fused-ring (bicyclic) bond motifs is 1. The lowest BCUT2D eigenvalue weighted by atomic mass is 10.1. The summed E-state index contributed by atoms with van der Waals surface area (Å²) < 4.78 is 15.6. The molecule has 0 saturated carbocycles. The van der Waals surface area contributed by atoms with E-state index in [0.29, 0.717) is 6.04 Å². The van der Waals surface area contributed by atoms with Crippen LogP contribution in [0.2, 0.25) is 0 Å². The molecule has 1 N–H and O–H groups in total. The van der Waals surface area contributed by atoms with E-state index >= 15 is 0 Å². The van der Waals surface area contributed by atoms with Crippen molar-refractivity contribution in [3.05, 3.63) is 12.0 Å². The quantitative estimate of drug-likeness (QED) is 0.908. The van der Waals surface area contributed by atoms with Crippen LogP contribution in [0.15, 0.2) is 6.33 Å². The highest BCUT2D eigenvalue weighted by Crippen LogP contribution is 2.27. The van der Waals surface area contributed by atoms with Gasteiger partial charge in [-0.25, -0.2) is 9.97 Å². The molecule has 1 saturated heterocycles. The van der Waals surface area contributed by atoms with Crippen LogP contribution >= 0.6 is 11.5 Å². The van der Waals surface area contributed by atoms with Crippen molar-refractivity contribution in [2.24, 2.45) is 0 Å². The third-order valence-electron chi connectivity index (χ3n) is 3.17. The number of hydrogen-bond donors (Lipinski definition) is 1. The number of hydrogen-bond acceptors (Lipinski definition) is 6. The highest BCUT2D eigenvalue weighted by Gasteiger charge is 2.19. The summed E-state index contributed by atoms with van der Waals surface area (Å²) in [5, 5.41) is 4.47. The molecule has 5 nitrogen and oxygen atoms in total.